The molecule has 0 aliphatic heterocycles. The number of nitriles is 1. The van der Waals surface area contributed by atoms with E-state index in [-0.39, 0.29) is 6.61 Å². The van der Waals surface area contributed by atoms with Crippen LogP contribution in [0.2, 0.25) is 10.0 Å². The summed E-state index contributed by atoms with van der Waals surface area (Å²) in [6.07, 6.45) is 1.73. The van der Waals surface area contributed by atoms with Crippen molar-refractivity contribution < 1.29 is 14.3 Å². The van der Waals surface area contributed by atoms with Gasteiger partial charge in [0.1, 0.15) is 11.5 Å². The Bertz CT molecular complexity index is 1090. The molecule has 3 rings (SSSR count). The summed E-state index contributed by atoms with van der Waals surface area (Å²) in [6, 6.07) is 23.1. The molecule has 0 aliphatic rings. The van der Waals surface area contributed by atoms with E-state index in [1.54, 1.807) is 36.4 Å². The van der Waals surface area contributed by atoms with Crippen LogP contribution in [0.3, 0.4) is 0 Å². The molecule has 0 saturated carbocycles. The van der Waals surface area contributed by atoms with Crippen LogP contribution in [0.25, 0.3) is 11.6 Å². The maximum absolute atomic E-state index is 12.1. The van der Waals surface area contributed by atoms with E-state index in [1.165, 1.54) is 6.07 Å². The highest BCUT2D eigenvalue weighted by Crippen LogP contribution is 2.27. The van der Waals surface area contributed by atoms with Gasteiger partial charge in [-0.25, -0.2) is 4.79 Å². The SMILES string of the molecule is N#C/C(=C/c1cccc(OC(=O)COc2ccc(Cl)cc2Cl)c1)c1ccccc1. The minimum atomic E-state index is -0.583. The summed E-state index contributed by atoms with van der Waals surface area (Å²) < 4.78 is 10.7. The Kier molecular flexibility index (Phi) is 6.91. The summed E-state index contributed by atoms with van der Waals surface area (Å²) in [7, 11) is 0. The smallest absolute Gasteiger partial charge is 0.349 e. The molecular formula is C23H15Cl2NO3. The number of ether oxygens (including phenoxy) is 2. The molecule has 0 aromatic heterocycles. The van der Waals surface area contributed by atoms with E-state index in [2.05, 4.69) is 6.07 Å². The van der Waals surface area contributed by atoms with Gasteiger partial charge in [-0.2, -0.15) is 5.26 Å². The number of hydrogen-bond acceptors (Lipinski definition) is 4. The number of carbonyl (C=O) groups excluding carboxylic acids is 1. The van der Waals surface area contributed by atoms with Gasteiger partial charge < -0.3 is 9.47 Å². The minimum absolute atomic E-state index is 0.308. The number of carbonyl (C=O) groups is 1. The molecule has 0 fully saturated rings. The molecule has 0 radical (unpaired) electrons. The summed E-state index contributed by atoms with van der Waals surface area (Å²) in [5.74, 6) is 0.104. The highest BCUT2D eigenvalue weighted by atomic mass is 35.5. The van der Waals surface area contributed by atoms with E-state index >= 15 is 0 Å². The summed E-state index contributed by atoms with van der Waals surface area (Å²) in [5, 5.41) is 10.2. The lowest BCUT2D eigenvalue weighted by Crippen LogP contribution is -2.17. The summed E-state index contributed by atoms with van der Waals surface area (Å²) >= 11 is 11.8. The molecule has 6 heteroatoms. The van der Waals surface area contributed by atoms with Crippen LogP contribution >= 0.6 is 23.2 Å². The van der Waals surface area contributed by atoms with Gasteiger partial charge in [-0.05, 0) is 47.5 Å². The number of esters is 1. The standard InChI is InChI=1S/C23H15Cl2NO3/c24-19-9-10-22(21(25)13-19)28-15-23(27)29-20-8-4-5-16(12-20)11-18(14-26)17-6-2-1-3-7-17/h1-13H,15H2/b18-11-. The predicted octanol–water partition coefficient (Wildman–Crippen LogP) is 6.04. The molecule has 4 nitrogen and oxygen atoms in total. The van der Waals surface area contributed by atoms with Crippen LogP contribution in [0.15, 0.2) is 72.8 Å². The zero-order valence-electron chi connectivity index (χ0n) is 15.1. The molecule has 29 heavy (non-hydrogen) atoms. The van der Waals surface area contributed by atoms with Crippen LogP contribution in [0.5, 0.6) is 11.5 Å². The Morgan fingerprint density at radius 2 is 1.79 bits per heavy atom. The molecule has 0 spiro atoms. The molecule has 0 bridgehead atoms. The lowest BCUT2D eigenvalue weighted by molar-refractivity contribution is -0.136. The van der Waals surface area contributed by atoms with Crippen molar-refractivity contribution in [3.63, 3.8) is 0 Å². The molecule has 3 aromatic rings. The van der Waals surface area contributed by atoms with E-state index in [4.69, 9.17) is 32.7 Å². The second-order valence-electron chi connectivity index (χ2n) is 5.95. The number of allylic oxidation sites excluding steroid dienone is 1. The lowest BCUT2D eigenvalue weighted by atomic mass is 10.0. The van der Waals surface area contributed by atoms with Crippen molar-refractivity contribution in [2.45, 2.75) is 0 Å². The van der Waals surface area contributed by atoms with Crippen LogP contribution < -0.4 is 9.47 Å². The molecule has 0 saturated heterocycles. The van der Waals surface area contributed by atoms with Gasteiger partial charge in [0.05, 0.1) is 16.7 Å². The molecule has 0 aliphatic carbocycles. The van der Waals surface area contributed by atoms with Gasteiger partial charge in [-0.3, -0.25) is 0 Å². The summed E-state index contributed by atoms with van der Waals surface area (Å²) in [5.41, 5.74) is 2.05. The fourth-order valence-electron chi connectivity index (χ4n) is 2.52. The van der Waals surface area contributed by atoms with Gasteiger partial charge in [0.25, 0.3) is 0 Å². The molecule has 144 valence electrons. The number of benzene rings is 3. The normalized spacial score (nSPS) is 10.9. The molecule has 0 amide bonds. The van der Waals surface area contributed by atoms with E-state index < -0.39 is 5.97 Å². The molecule has 0 atom stereocenters. The predicted molar refractivity (Wildman–Crippen MR) is 114 cm³/mol. The molecule has 0 unspecified atom stereocenters. The van der Waals surface area contributed by atoms with Crippen molar-refractivity contribution in [1.29, 1.82) is 5.26 Å². The third-order valence-electron chi connectivity index (χ3n) is 3.85. The average Bonchev–Trinajstić information content (AvgIpc) is 2.72. The van der Waals surface area contributed by atoms with Gasteiger partial charge >= 0.3 is 5.97 Å². The van der Waals surface area contributed by atoms with E-state index in [0.717, 1.165) is 11.1 Å². The van der Waals surface area contributed by atoms with E-state index in [0.29, 0.717) is 27.1 Å². The second kappa shape index (κ2) is 9.79. The first-order chi connectivity index (χ1) is 14.0. The first-order valence-electron chi connectivity index (χ1n) is 8.61. The van der Waals surface area contributed by atoms with Crippen LogP contribution in [0.1, 0.15) is 11.1 Å². The zero-order chi connectivity index (χ0) is 20.6. The quantitative estimate of drug-likeness (QED) is 0.209. The number of hydrogen-bond donors (Lipinski definition) is 0. The monoisotopic (exact) mass is 423 g/mol. The third-order valence-corrected chi connectivity index (χ3v) is 4.38. The number of nitrogens with zero attached hydrogens (tertiary/aromatic N) is 1. The van der Waals surface area contributed by atoms with E-state index in [1.807, 2.05) is 36.4 Å². The molecule has 3 aromatic carbocycles. The summed E-state index contributed by atoms with van der Waals surface area (Å²) in [6.45, 7) is -0.311. The highest BCUT2D eigenvalue weighted by Gasteiger charge is 2.09. The Hall–Kier alpha value is -3.26. The topological polar surface area (TPSA) is 59.3 Å². The number of halogens is 2. The maximum Gasteiger partial charge on any atom is 0.349 e. The van der Waals surface area contributed by atoms with Gasteiger partial charge in [-0.15, -0.1) is 0 Å². The van der Waals surface area contributed by atoms with Gasteiger partial charge in [0.15, 0.2) is 6.61 Å². The van der Waals surface area contributed by atoms with Crippen LogP contribution in [0.4, 0.5) is 0 Å². The van der Waals surface area contributed by atoms with Gasteiger partial charge in [-0.1, -0.05) is 65.7 Å². The van der Waals surface area contributed by atoms with Crippen LogP contribution in [0, 0.1) is 11.3 Å². The van der Waals surface area contributed by atoms with Crippen molar-refractivity contribution in [3.05, 3.63) is 94.0 Å². The van der Waals surface area contributed by atoms with Crippen LogP contribution in [-0.2, 0) is 4.79 Å². The van der Waals surface area contributed by atoms with Crippen molar-refractivity contribution in [3.8, 4) is 17.6 Å². The van der Waals surface area contributed by atoms with E-state index in [9.17, 15) is 10.1 Å². The van der Waals surface area contributed by atoms with Gasteiger partial charge in [0, 0.05) is 5.02 Å². The van der Waals surface area contributed by atoms with Crippen molar-refractivity contribution in [1.82, 2.24) is 0 Å². The van der Waals surface area contributed by atoms with Gasteiger partial charge in [0.2, 0.25) is 0 Å². The third kappa shape index (κ3) is 5.86. The minimum Gasteiger partial charge on any atom is -0.480 e. The Labute approximate surface area is 178 Å². The Morgan fingerprint density at radius 1 is 1.00 bits per heavy atom. The lowest BCUT2D eigenvalue weighted by Gasteiger charge is -2.09. The zero-order valence-corrected chi connectivity index (χ0v) is 16.7. The number of rotatable bonds is 6. The molecule has 0 heterocycles. The summed E-state index contributed by atoms with van der Waals surface area (Å²) in [4.78, 5) is 12.1. The fourth-order valence-corrected chi connectivity index (χ4v) is 2.99. The second-order valence-corrected chi connectivity index (χ2v) is 6.79. The molecular weight excluding hydrogens is 409 g/mol. The first kappa shape index (κ1) is 20.5. The van der Waals surface area contributed by atoms with Crippen LogP contribution in [-0.4, -0.2) is 12.6 Å². The molecule has 0 N–H and O–H groups in total. The average molecular weight is 424 g/mol. The van der Waals surface area contributed by atoms with Crippen molar-refractivity contribution in [2.24, 2.45) is 0 Å². The maximum atomic E-state index is 12.1. The first-order valence-corrected chi connectivity index (χ1v) is 9.36. The highest BCUT2D eigenvalue weighted by molar-refractivity contribution is 6.35. The fraction of sp³-hybridized carbons (Fsp3) is 0.0435. The Balaban J connectivity index is 1.67. The largest absolute Gasteiger partial charge is 0.480 e. The van der Waals surface area contributed by atoms with Crippen molar-refractivity contribution in [2.75, 3.05) is 6.61 Å². The van der Waals surface area contributed by atoms with Crippen molar-refractivity contribution >= 4 is 40.8 Å². The Morgan fingerprint density at radius 3 is 2.52 bits per heavy atom.